The number of carbonyl (C=O) groups is 1. The number of rotatable bonds is 4. The number of nitriles is 1. The fourth-order valence-corrected chi connectivity index (χ4v) is 2.98. The van der Waals surface area contributed by atoms with Gasteiger partial charge in [0.15, 0.2) is 5.75 Å². The summed E-state index contributed by atoms with van der Waals surface area (Å²) in [4.78, 5) is 11.5. The summed E-state index contributed by atoms with van der Waals surface area (Å²) in [7, 11) is -3.55. The highest BCUT2D eigenvalue weighted by molar-refractivity contribution is 7.89. The molecule has 0 aromatic rings. The van der Waals surface area contributed by atoms with Crippen molar-refractivity contribution in [1.82, 2.24) is 4.31 Å². The average Bonchev–Trinajstić information content (AvgIpc) is 2.29. The number of hydrogen-bond acceptors (Lipinski definition) is 5. The number of sulfonamides is 1. The Morgan fingerprint density at radius 1 is 1.59 bits per heavy atom. The van der Waals surface area contributed by atoms with Crippen molar-refractivity contribution in [3.05, 3.63) is 0 Å². The Hall–Kier alpha value is -1.13. The minimum absolute atomic E-state index is 0.128. The van der Waals surface area contributed by atoms with Crippen molar-refractivity contribution in [2.24, 2.45) is 5.92 Å². The van der Waals surface area contributed by atoms with E-state index >= 15 is 0 Å². The van der Waals surface area contributed by atoms with E-state index < -0.39 is 21.7 Å². The van der Waals surface area contributed by atoms with Gasteiger partial charge in [0, 0.05) is 13.1 Å². The van der Waals surface area contributed by atoms with Crippen molar-refractivity contribution >= 4 is 16.0 Å². The van der Waals surface area contributed by atoms with Crippen LogP contribution < -0.4 is 0 Å². The summed E-state index contributed by atoms with van der Waals surface area (Å²) in [6.07, 6.45) is 1.26. The molecule has 0 radical (unpaired) electrons. The van der Waals surface area contributed by atoms with Gasteiger partial charge in [0.05, 0.1) is 18.6 Å². The summed E-state index contributed by atoms with van der Waals surface area (Å²) >= 11 is 0. The summed E-state index contributed by atoms with van der Waals surface area (Å²) in [6, 6.07) is 1.63. The molecule has 1 aliphatic heterocycles. The molecule has 17 heavy (non-hydrogen) atoms. The van der Waals surface area contributed by atoms with Gasteiger partial charge in [0.1, 0.15) is 0 Å². The van der Waals surface area contributed by atoms with E-state index in [-0.39, 0.29) is 12.5 Å². The Morgan fingerprint density at radius 3 is 2.88 bits per heavy atom. The Labute approximate surface area is 101 Å². The van der Waals surface area contributed by atoms with E-state index in [4.69, 9.17) is 10.00 Å². The van der Waals surface area contributed by atoms with Crippen LogP contribution in [0, 0.1) is 17.2 Å². The Bertz CT molecular complexity index is 413. The predicted molar refractivity (Wildman–Crippen MR) is 60.3 cm³/mol. The third kappa shape index (κ3) is 3.68. The Kier molecular flexibility index (Phi) is 4.90. The van der Waals surface area contributed by atoms with Crippen LogP contribution in [-0.4, -0.2) is 44.1 Å². The van der Waals surface area contributed by atoms with E-state index in [1.54, 1.807) is 13.0 Å². The first-order chi connectivity index (χ1) is 8.01. The first-order valence-corrected chi connectivity index (χ1v) is 7.13. The predicted octanol–water partition coefficient (Wildman–Crippen LogP) is 0.115. The third-order valence-electron chi connectivity index (χ3n) is 2.64. The van der Waals surface area contributed by atoms with Gasteiger partial charge in [0.2, 0.25) is 10.0 Å². The average molecular weight is 260 g/mol. The minimum Gasteiger partial charge on any atom is -0.466 e. The van der Waals surface area contributed by atoms with Gasteiger partial charge in [0.25, 0.3) is 0 Å². The molecule has 0 aromatic carbocycles. The van der Waals surface area contributed by atoms with Crippen LogP contribution in [0.2, 0.25) is 0 Å². The van der Waals surface area contributed by atoms with Crippen molar-refractivity contribution in [3.8, 4) is 6.07 Å². The van der Waals surface area contributed by atoms with E-state index in [2.05, 4.69) is 0 Å². The highest BCUT2D eigenvalue weighted by Gasteiger charge is 2.32. The van der Waals surface area contributed by atoms with Crippen molar-refractivity contribution in [2.75, 3.05) is 25.4 Å². The molecule has 1 aliphatic rings. The summed E-state index contributed by atoms with van der Waals surface area (Å²) in [5.41, 5.74) is 0. The van der Waals surface area contributed by atoms with Crippen molar-refractivity contribution in [2.45, 2.75) is 19.8 Å². The van der Waals surface area contributed by atoms with Crippen LogP contribution in [0.1, 0.15) is 19.8 Å². The molecule has 1 saturated heterocycles. The standard InChI is InChI=1S/C10H16N2O4S/c1-2-16-10(13)9-4-3-6-12(8-9)17(14,15)7-5-11/h9H,2-4,6-8H2,1H3/t9-/m1/s1. The lowest BCUT2D eigenvalue weighted by Gasteiger charge is -2.29. The zero-order valence-electron chi connectivity index (χ0n) is 9.76. The van der Waals surface area contributed by atoms with E-state index in [9.17, 15) is 13.2 Å². The molecule has 7 heteroatoms. The molecule has 1 fully saturated rings. The molecule has 96 valence electrons. The lowest BCUT2D eigenvalue weighted by atomic mass is 10.0. The summed E-state index contributed by atoms with van der Waals surface area (Å²) in [5, 5.41) is 8.44. The van der Waals surface area contributed by atoms with E-state index in [1.165, 1.54) is 4.31 Å². The maximum atomic E-state index is 11.7. The molecule has 1 atom stereocenters. The van der Waals surface area contributed by atoms with E-state index in [0.717, 1.165) is 0 Å². The number of piperidine rings is 1. The minimum atomic E-state index is -3.55. The lowest BCUT2D eigenvalue weighted by Crippen LogP contribution is -2.43. The maximum absolute atomic E-state index is 11.7. The normalized spacial score (nSPS) is 21.8. The zero-order chi connectivity index (χ0) is 12.9. The molecule has 0 saturated carbocycles. The first kappa shape index (κ1) is 13.9. The first-order valence-electron chi connectivity index (χ1n) is 5.52. The molecule has 0 bridgehead atoms. The van der Waals surface area contributed by atoms with Gasteiger partial charge in [-0.25, -0.2) is 12.7 Å². The smallest absolute Gasteiger partial charge is 0.310 e. The highest BCUT2D eigenvalue weighted by atomic mass is 32.2. The Balaban J connectivity index is 2.67. The number of ether oxygens (including phenoxy) is 1. The SMILES string of the molecule is CCOC(=O)[C@@H]1CCCN(S(=O)(=O)CC#N)C1. The van der Waals surface area contributed by atoms with Crippen LogP contribution in [0.5, 0.6) is 0 Å². The summed E-state index contributed by atoms with van der Waals surface area (Å²) < 4.78 is 29.4. The second-order valence-corrected chi connectivity index (χ2v) is 5.83. The number of esters is 1. The van der Waals surface area contributed by atoms with Crippen molar-refractivity contribution < 1.29 is 17.9 Å². The van der Waals surface area contributed by atoms with E-state index in [0.29, 0.717) is 26.0 Å². The largest absolute Gasteiger partial charge is 0.466 e. The monoisotopic (exact) mass is 260 g/mol. The molecule has 0 aromatic heterocycles. The van der Waals surface area contributed by atoms with Crippen LogP contribution in [0.15, 0.2) is 0 Å². The number of hydrogen-bond donors (Lipinski definition) is 0. The maximum Gasteiger partial charge on any atom is 0.310 e. The molecular formula is C10H16N2O4S. The summed E-state index contributed by atoms with van der Waals surface area (Å²) in [5.74, 6) is -1.30. The van der Waals surface area contributed by atoms with Crippen LogP contribution in [-0.2, 0) is 19.6 Å². The second kappa shape index (κ2) is 5.98. The molecule has 0 aliphatic carbocycles. The lowest BCUT2D eigenvalue weighted by molar-refractivity contribution is -0.149. The van der Waals surface area contributed by atoms with Gasteiger partial charge in [-0.3, -0.25) is 4.79 Å². The fraction of sp³-hybridized carbons (Fsp3) is 0.800. The molecule has 1 heterocycles. The van der Waals surface area contributed by atoms with Crippen molar-refractivity contribution in [3.63, 3.8) is 0 Å². The van der Waals surface area contributed by atoms with Crippen molar-refractivity contribution in [1.29, 1.82) is 5.26 Å². The van der Waals surface area contributed by atoms with Crippen LogP contribution >= 0.6 is 0 Å². The van der Waals surface area contributed by atoms with Gasteiger partial charge in [-0.15, -0.1) is 0 Å². The molecule has 0 N–H and O–H groups in total. The number of nitrogens with zero attached hydrogens (tertiary/aromatic N) is 2. The van der Waals surface area contributed by atoms with Gasteiger partial charge >= 0.3 is 5.97 Å². The molecule has 0 unspecified atom stereocenters. The highest BCUT2D eigenvalue weighted by Crippen LogP contribution is 2.20. The van der Waals surface area contributed by atoms with Crippen LogP contribution in [0.4, 0.5) is 0 Å². The van der Waals surface area contributed by atoms with Gasteiger partial charge in [-0.1, -0.05) is 0 Å². The van der Waals surface area contributed by atoms with Gasteiger partial charge < -0.3 is 4.74 Å². The van der Waals surface area contributed by atoms with Gasteiger partial charge in [-0.05, 0) is 19.8 Å². The van der Waals surface area contributed by atoms with Gasteiger partial charge in [-0.2, -0.15) is 5.26 Å². The van der Waals surface area contributed by atoms with Crippen LogP contribution in [0.25, 0.3) is 0 Å². The molecule has 0 spiro atoms. The molecule has 0 amide bonds. The molecule has 6 nitrogen and oxygen atoms in total. The molecular weight excluding hydrogens is 244 g/mol. The Morgan fingerprint density at radius 2 is 2.29 bits per heavy atom. The second-order valence-electron chi connectivity index (χ2n) is 3.86. The zero-order valence-corrected chi connectivity index (χ0v) is 10.6. The fourth-order valence-electron chi connectivity index (χ4n) is 1.82. The summed E-state index contributed by atoms with van der Waals surface area (Å²) in [6.45, 7) is 2.51. The third-order valence-corrected chi connectivity index (χ3v) is 4.26. The van der Waals surface area contributed by atoms with Crippen LogP contribution in [0.3, 0.4) is 0 Å². The molecule has 1 rings (SSSR count). The topological polar surface area (TPSA) is 87.5 Å². The number of carbonyl (C=O) groups excluding carboxylic acids is 1. The quantitative estimate of drug-likeness (QED) is 0.670. The van der Waals surface area contributed by atoms with E-state index in [1.807, 2.05) is 0 Å².